The van der Waals surface area contributed by atoms with Crippen LogP contribution in [0.15, 0.2) is 37.6 Å². The first-order valence-corrected chi connectivity index (χ1v) is 11.2. The van der Waals surface area contributed by atoms with Crippen LogP contribution in [0.25, 0.3) is 5.70 Å². The lowest BCUT2D eigenvalue weighted by Crippen LogP contribution is -2.14. The fraction of sp³-hybridized carbons (Fsp3) is 0.375. The smallest absolute Gasteiger partial charge is 0.203 e. The molecule has 3 rings (SSSR count). The second kappa shape index (κ2) is 7.35. The van der Waals surface area contributed by atoms with Crippen LogP contribution in [0, 0.1) is 0 Å². The summed E-state index contributed by atoms with van der Waals surface area (Å²) in [4.78, 5) is 2.49. The van der Waals surface area contributed by atoms with Crippen molar-refractivity contribution in [2.75, 3.05) is 26.4 Å². The number of hydrogen-bond donors (Lipinski definition) is 1. The molecular formula is C16H20N2O3S3. The normalized spacial score (nSPS) is 15.5. The Morgan fingerprint density at radius 2 is 2.04 bits per heavy atom. The van der Waals surface area contributed by atoms with E-state index < -0.39 is 9.84 Å². The van der Waals surface area contributed by atoms with E-state index in [0.29, 0.717) is 17.1 Å². The number of hydrogen-bond acceptors (Lipinski definition) is 7. The molecule has 0 bridgehead atoms. The van der Waals surface area contributed by atoms with Gasteiger partial charge in [-0.25, -0.2) is 8.42 Å². The molecule has 2 aromatic rings. The molecule has 0 aromatic carbocycles. The number of furan rings is 1. The molecule has 2 aromatic heterocycles. The van der Waals surface area contributed by atoms with Gasteiger partial charge in [-0.1, -0.05) is 0 Å². The maximum atomic E-state index is 11.9. The predicted octanol–water partition coefficient (Wildman–Crippen LogP) is 3.01. The van der Waals surface area contributed by atoms with Crippen LogP contribution in [0.1, 0.15) is 17.1 Å². The molecule has 1 N–H and O–H groups in total. The van der Waals surface area contributed by atoms with Gasteiger partial charge in [-0.15, -0.1) is 0 Å². The Morgan fingerprint density at radius 3 is 2.83 bits per heavy atom. The summed E-state index contributed by atoms with van der Waals surface area (Å²) in [6.07, 6.45) is 0. The first kappa shape index (κ1) is 17.6. The number of nitrogens with one attached hydrogen (secondary N) is 1. The fourth-order valence-corrected chi connectivity index (χ4v) is 5.80. The zero-order valence-electron chi connectivity index (χ0n) is 13.6. The highest BCUT2D eigenvalue weighted by Crippen LogP contribution is 2.34. The van der Waals surface area contributed by atoms with Crippen LogP contribution < -0.4 is 5.32 Å². The Hall–Kier alpha value is -1.22. The largest absolute Gasteiger partial charge is 0.464 e. The van der Waals surface area contributed by atoms with Gasteiger partial charge in [-0.2, -0.15) is 23.1 Å². The molecule has 0 amide bonds. The van der Waals surface area contributed by atoms with Crippen molar-refractivity contribution in [1.29, 1.82) is 0 Å². The highest BCUT2D eigenvalue weighted by atomic mass is 32.2. The second-order valence-electron chi connectivity index (χ2n) is 5.81. The first-order chi connectivity index (χ1) is 11.5. The molecule has 8 heteroatoms. The van der Waals surface area contributed by atoms with Gasteiger partial charge in [0.25, 0.3) is 0 Å². The quantitative estimate of drug-likeness (QED) is 0.706. The van der Waals surface area contributed by atoms with Crippen molar-refractivity contribution in [1.82, 2.24) is 10.2 Å². The SMILES string of the molecule is CN(C)Cc1ccc(CSCCNC2=CS(=O)(=O)c3cscc32)o1. The third-order valence-corrected chi connectivity index (χ3v) is 6.86. The summed E-state index contributed by atoms with van der Waals surface area (Å²) < 4.78 is 29.7. The molecule has 1 aliphatic heterocycles. The van der Waals surface area contributed by atoms with Crippen molar-refractivity contribution in [3.8, 4) is 0 Å². The van der Waals surface area contributed by atoms with Crippen molar-refractivity contribution in [2.24, 2.45) is 0 Å². The average molecular weight is 385 g/mol. The number of thioether (sulfide) groups is 1. The summed E-state index contributed by atoms with van der Waals surface area (Å²) in [6, 6.07) is 4.03. The summed E-state index contributed by atoms with van der Waals surface area (Å²) in [6.45, 7) is 1.52. The lowest BCUT2D eigenvalue weighted by molar-refractivity contribution is 0.344. The molecule has 0 saturated heterocycles. The van der Waals surface area contributed by atoms with Crippen molar-refractivity contribution in [3.63, 3.8) is 0 Å². The zero-order valence-corrected chi connectivity index (χ0v) is 16.1. The van der Waals surface area contributed by atoms with E-state index in [1.807, 2.05) is 31.6 Å². The van der Waals surface area contributed by atoms with Gasteiger partial charge in [0.1, 0.15) is 11.5 Å². The third kappa shape index (κ3) is 4.05. The summed E-state index contributed by atoms with van der Waals surface area (Å²) in [5.41, 5.74) is 1.50. The highest BCUT2D eigenvalue weighted by molar-refractivity contribution is 7.98. The lowest BCUT2D eigenvalue weighted by Gasteiger charge is -2.07. The van der Waals surface area contributed by atoms with Crippen LogP contribution in [-0.4, -0.2) is 39.7 Å². The van der Waals surface area contributed by atoms with E-state index in [0.717, 1.165) is 35.1 Å². The standard InChI is InChI=1S/C16H20N2O3S3/c1-18(2)7-12-3-4-13(21-12)8-22-6-5-17-15-11-24(19,20)16-10-23-9-14(15)16/h3-4,9-11,17H,5-8H2,1-2H3. The molecule has 3 heterocycles. The van der Waals surface area contributed by atoms with Gasteiger partial charge in [0.05, 0.1) is 28.3 Å². The maximum absolute atomic E-state index is 11.9. The van der Waals surface area contributed by atoms with Gasteiger partial charge in [-0.05, 0) is 26.2 Å². The number of fused-ring (bicyclic) bond motifs is 1. The molecular weight excluding hydrogens is 364 g/mol. The van der Waals surface area contributed by atoms with E-state index in [1.165, 1.54) is 16.7 Å². The summed E-state index contributed by atoms with van der Waals surface area (Å²) >= 11 is 3.18. The predicted molar refractivity (Wildman–Crippen MR) is 99.7 cm³/mol. The molecule has 0 spiro atoms. The Bertz CT molecular complexity index is 834. The van der Waals surface area contributed by atoms with Gasteiger partial charge in [0.2, 0.25) is 9.84 Å². The molecule has 24 heavy (non-hydrogen) atoms. The Labute approximate surface area is 150 Å². The first-order valence-electron chi connectivity index (χ1n) is 7.53. The van der Waals surface area contributed by atoms with Gasteiger partial charge >= 0.3 is 0 Å². The lowest BCUT2D eigenvalue weighted by atomic mass is 10.3. The summed E-state index contributed by atoms with van der Waals surface area (Å²) in [5.74, 6) is 3.64. The monoisotopic (exact) mass is 384 g/mol. The van der Waals surface area contributed by atoms with Gasteiger partial charge in [0.15, 0.2) is 0 Å². The van der Waals surface area contributed by atoms with E-state index in [-0.39, 0.29) is 0 Å². The Morgan fingerprint density at radius 1 is 1.25 bits per heavy atom. The average Bonchev–Trinajstić information content (AvgIpc) is 3.18. The van der Waals surface area contributed by atoms with Crippen LogP contribution in [0.5, 0.6) is 0 Å². The Balaban J connectivity index is 1.43. The minimum Gasteiger partial charge on any atom is -0.464 e. The molecule has 0 unspecified atom stereocenters. The van der Waals surface area contributed by atoms with Crippen molar-refractivity contribution in [3.05, 3.63) is 45.4 Å². The zero-order chi connectivity index (χ0) is 17.2. The van der Waals surface area contributed by atoms with Crippen molar-refractivity contribution >= 4 is 38.6 Å². The summed E-state index contributed by atoms with van der Waals surface area (Å²) in [7, 11) is 0.782. The van der Waals surface area contributed by atoms with Crippen molar-refractivity contribution < 1.29 is 12.8 Å². The topological polar surface area (TPSA) is 62.6 Å². The van der Waals surface area contributed by atoms with E-state index >= 15 is 0 Å². The number of nitrogens with zero attached hydrogens (tertiary/aromatic N) is 1. The molecule has 0 aliphatic carbocycles. The van der Waals surface area contributed by atoms with E-state index in [9.17, 15) is 8.42 Å². The van der Waals surface area contributed by atoms with Crippen molar-refractivity contribution in [2.45, 2.75) is 17.2 Å². The van der Waals surface area contributed by atoms with E-state index in [1.54, 1.807) is 17.1 Å². The molecule has 0 saturated carbocycles. The Kier molecular flexibility index (Phi) is 5.39. The van der Waals surface area contributed by atoms with Crippen LogP contribution >= 0.6 is 23.1 Å². The second-order valence-corrected chi connectivity index (χ2v) is 9.43. The number of thiophene rings is 1. The minimum atomic E-state index is -3.24. The van der Waals surface area contributed by atoms with E-state index in [4.69, 9.17) is 4.42 Å². The maximum Gasteiger partial charge on any atom is 0.203 e. The van der Waals surface area contributed by atoms with Crippen LogP contribution in [0.3, 0.4) is 0 Å². The molecule has 0 radical (unpaired) electrons. The van der Waals surface area contributed by atoms with Gasteiger partial charge in [0, 0.05) is 28.6 Å². The number of rotatable bonds is 8. The van der Waals surface area contributed by atoms with Gasteiger partial charge in [-0.3, -0.25) is 0 Å². The fourth-order valence-electron chi connectivity index (χ4n) is 2.45. The van der Waals surface area contributed by atoms with Crippen LogP contribution in [0.4, 0.5) is 0 Å². The molecule has 130 valence electrons. The minimum absolute atomic E-state index is 0.423. The third-order valence-electron chi connectivity index (χ3n) is 3.49. The molecule has 0 fully saturated rings. The van der Waals surface area contributed by atoms with Crippen LogP contribution in [-0.2, 0) is 22.1 Å². The number of sulfone groups is 1. The van der Waals surface area contributed by atoms with Crippen LogP contribution in [0.2, 0.25) is 0 Å². The molecule has 1 aliphatic rings. The molecule has 0 atom stereocenters. The van der Waals surface area contributed by atoms with Gasteiger partial charge < -0.3 is 14.6 Å². The van der Waals surface area contributed by atoms with E-state index in [2.05, 4.69) is 10.2 Å². The molecule has 5 nitrogen and oxygen atoms in total. The highest BCUT2D eigenvalue weighted by Gasteiger charge is 2.27. The summed E-state index contributed by atoms with van der Waals surface area (Å²) in [5, 5.41) is 8.12.